The highest BCUT2D eigenvalue weighted by Crippen LogP contribution is 2.24. The van der Waals surface area contributed by atoms with E-state index in [1.807, 2.05) is 0 Å². The highest BCUT2D eigenvalue weighted by atomic mass is 19.4. The van der Waals surface area contributed by atoms with Gasteiger partial charge in [-0.1, -0.05) is 0 Å². The molecule has 1 N–H and O–H groups in total. The number of halogens is 3. The number of imide groups is 1. The molecule has 124 valence electrons. The van der Waals surface area contributed by atoms with Gasteiger partial charge in [-0.2, -0.15) is 0 Å². The molecule has 23 heavy (non-hydrogen) atoms. The number of benzene rings is 1. The Morgan fingerprint density at radius 1 is 1.13 bits per heavy atom. The Morgan fingerprint density at radius 2 is 1.70 bits per heavy atom. The third kappa shape index (κ3) is 4.97. The lowest BCUT2D eigenvalue weighted by atomic mass is 10.3. The number of carbonyl (C=O) groups excluding carboxylic acids is 3. The molecule has 1 aliphatic heterocycles. The Kier molecular flexibility index (Phi) is 4.87. The molecule has 0 aliphatic carbocycles. The van der Waals surface area contributed by atoms with Gasteiger partial charge >= 0.3 is 6.36 Å². The molecule has 1 heterocycles. The van der Waals surface area contributed by atoms with E-state index in [2.05, 4.69) is 10.1 Å². The molecule has 9 heteroatoms. The lowest BCUT2D eigenvalue weighted by Gasteiger charge is -2.13. The summed E-state index contributed by atoms with van der Waals surface area (Å²) in [5.41, 5.74) is 0.281. The van der Waals surface area contributed by atoms with Gasteiger partial charge in [0.05, 0.1) is 0 Å². The fourth-order valence-electron chi connectivity index (χ4n) is 2.05. The minimum atomic E-state index is -4.78. The van der Waals surface area contributed by atoms with Gasteiger partial charge in [0.2, 0.25) is 17.7 Å². The van der Waals surface area contributed by atoms with Crippen LogP contribution in [0.2, 0.25) is 0 Å². The quantitative estimate of drug-likeness (QED) is 0.839. The molecule has 0 spiro atoms. The molecule has 0 aromatic heterocycles. The summed E-state index contributed by atoms with van der Waals surface area (Å²) in [6.45, 7) is -0.0151. The Balaban J connectivity index is 1.83. The van der Waals surface area contributed by atoms with Crippen LogP contribution in [0.5, 0.6) is 5.75 Å². The average Bonchev–Trinajstić information content (AvgIpc) is 2.76. The third-order valence-corrected chi connectivity index (χ3v) is 3.09. The summed E-state index contributed by atoms with van der Waals surface area (Å²) >= 11 is 0. The molecule has 0 atom stereocenters. The summed E-state index contributed by atoms with van der Waals surface area (Å²) in [5.74, 6) is -1.47. The Labute approximate surface area is 129 Å². The second kappa shape index (κ2) is 6.67. The topological polar surface area (TPSA) is 75.7 Å². The SMILES string of the molecule is O=C(CCN1C(=O)CCC1=O)Nc1ccc(OC(F)(F)F)cc1. The smallest absolute Gasteiger partial charge is 0.406 e. The van der Waals surface area contributed by atoms with Gasteiger partial charge in [-0.3, -0.25) is 19.3 Å². The molecule has 1 aromatic rings. The lowest BCUT2D eigenvalue weighted by Crippen LogP contribution is -2.32. The van der Waals surface area contributed by atoms with Crippen LogP contribution in [0.15, 0.2) is 24.3 Å². The van der Waals surface area contributed by atoms with Gasteiger partial charge in [0.1, 0.15) is 5.75 Å². The number of hydrogen-bond donors (Lipinski definition) is 1. The van der Waals surface area contributed by atoms with Crippen molar-refractivity contribution in [2.75, 3.05) is 11.9 Å². The van der Waals surface area contributed by atoms with Crippen molar-refractivity contribution in [1.82, 2.24) is 4.90 Å². The molecule has 0 bridgehead atoms. The molecule has 1 fully saturated rings. The zero-order valence-corrected chi connectivity index (χ0v) is 11.9. The molecule has 0 saturated carbocycles. The van der Waals surface area contributed by atoms with Crippen LogP contribution in [-0.2, 0) is 14.4 Å². The lowest BCUT2D eigenvalue weighted by molar-refractivity contribution is -0.274. The first-order valence-electron chi connectivity index (χ1n) is 6.73. The van der Waals surface area contributed by atoms with E-state index in [4.69, 9.17) is 0 Å². The van der Waals surface area contributed by atoms with Crippen molar-refractivity contribution < 1.29 is 32.3 Å². The van der Waals surface area contributed by atoms with E-state index in [0.717, 1.165) is 17.0 Å². The van der Waals surface area contributed by atoms with Crippen molar-refractivity contribution in [3.63, 3.8) is 0 Å². The number of rotatable bonds is 5. The molecule has 0 unspecified atom stereocenters. The van der Waals surface area contributed by atoms with Gasteiger partial charge in [-0.05, 0) is 24.3 Å². The second-order valence-electron chi connectivity index (χ2n) is 4.81. The standard InChI is InChI=1S/C14H13F3N2O4/c15-14(16,17)23-10-3-1-9(2-4-10)18-11(20)7-8-19-12(21)5-6-13(19)22/h1-4H,5-8H2,(H,18,20). The first-order chi connectivity index (χ1) is 10.7. The van der Waals surface area contributed by atoms with Crippen LogP contribution in [0.4, 0.5) is 18.9 Å². The number of nitrogens with zero attached hydrogens (tertiary/aromatic N) is 1. The van der Waals surface area contributed by atoms with Crippen LogP contribution < -0.4 is 10.1 Å². The summed E-state index contributed by atoms with van der Waals surface area (Å²) in [4.78, 5) is 35.5. The minimum Gasteiger partial charge on any atom is -0.406 e. The summed E-state index contributed by atoms with van der Waals surface area (Å²) in [5, 5.41) is 2.46. The van der Waals surface area contributed by atoms with Gasteiger partial charge < -0.3 is 10.1 Å². The second-order valence-corrected chi connectivity index (χ2v) is 4.81. The van der Waals surface area contributed by atoms with Crippen molar-refractivity contribution in [1.29, 1.82) is 0 Å². The van der Waals surface area contributed by atoms with Crippen molar-refractivity contribution in [3.8, 4) is 5.75 Å². The van der Waals surface area contributed by atoms with Gasteiger partial charge in [0.25, 0.3) is 0 Å². The molecule has 3 amide bonds. The fraction of sp³-hybridized carbons (Fsp3) is 0.357. The summed E-state index contributed by atoms with van der Waals surface area (Å²) < 4.78 is 39.7. The van der Waals surface area contributed by atoms with E-state index in [0.29, 0.717) is 0 Å². The summed E-state index contributed by atoms with van der Waals surface area (Å²) in [6.07, 6.45) is -4.56. The Morgan fingerprint density at radius 3 is 2.22 bits per heavy atom. The maximum atomic E-state index is 12.0. The van der Waals surface area contributed by atoms with E-state index < -0.39 is 18.0 Å². The van der Waals surface area contributed by atoms with Crippen LogP contribution in [0, 0.1) is 0 Å². The molecular formula is C14H13F3N2O4. The van der Waals surface area contributed by atoms with Crippen LogP contribution in [0.25, 0.3) is 0 Å². The largest absolute Gasteiger partial charge is 0.573 e. The number of anilines is 1. The van der Waals surface area contributed by atoms with Crippen molar-refractivity contribution >= 4 is 23.4 Å². The zero-order valence-electron chi connectivity index (χ0n) is 11.9. The van der Waals surface area contributed by atoms with Crippen molar-refractivity contribution in [2.45, 2.75) is 25.6 Å². The molecule has 1 aliphatic rings. The maximum absolute atomic E-state index is 12.0. The van der Waals surface area contributed by atoms with E-state index in [1.54, 1.807) is 0 Å². The first kappa shape index (κ1) is 16.8. The zero-order chi connectivity index (χ0) is 17.0. The Hall–Kier alpha value is -2.58. The normalized spacial score (nSPS) is 15.0. The van der Waals surface area contributed by atoms with Crippen LogP contribution in [0.3, 0.4) is 0 Å². The third-order valence-electron chi connectivity index (χ3n) is 3.09. The van der Waals surface area contributed by atoms with E-state index in [-0.39, 0.29) is 43.3 Å². The highest BCUT2D eigenvalue weighted by Gasteiger charge is 2.31. The number of amides is 3. The van der Waals surface area contributed by atoms with Crippen molar-refractivity contribution in [2.24, 2.45) is 0 Å². The summed E-state index contributed by atoms with van der Waals surface area (Å²) in [7, 11) is 0. The van der Waals surface area contributed by atoms with Gasteiger partial charge in [0, 0.05) is 31.5 Å². The number of nitrogens with one attached hydrogen (secondary N) is 1. The monoisotopic (exact) mass is 330 g/mol. The molecule has 0 radical (unpaired) electrons. The number of carbonyl (C=O) groups is 3. The molecular weight excluding hydrogens is 317 g/mol. The van der Waals surface area contributed by atoms with Gasteiger partial charge in [-0.25, -0.2) is 0 Å². The minimum absolute atomic E-state index is 0.0151. The van der Waals surface area contributed by atoms with Crippen LogP contribution in [-0.4, -0.2) is 35.5 Å². The summed E-state index contributed by atoms with van der Waals surface area (Å²) in [6, 6.07) is 4.64. The maximum Gasteiger partial charge on any atom is 0.573 e. The fourth-order valence-corrected chi connectivity index (χ4v) is 2.05. The van der Waals surface area contributed by atoms with E-state index in [9.17, 15) is 27.6 Å². The molecule has 2 rings (SSSR count). The van der Waals surface area contributed by atoms with Gasteiger partial charge in [-0.15, -0.1) is 13.2 Å². The predicted octanol–water partition coefficient (Wildman–Crippen LogP) is 2.06. The van der Waals surface area contributed by atoms with Crippen molar-refractivity contribution in [3.05, 3.63) is 24.3 Å². The Bertz CT molecular complexity index is 597. The first-order valence-corrected chi connectivity index (χ1v) is 6.73. The molecule has 1 aromatic carbocycles. The van der Waals surface area contributed by atoms with E-state index >= 15 is 0 Å². The molecule has 6 nitrogen and oxygen atoms in total. The number of hydrogen-bond acceptors (Lipinski definition) is 4. The highest BCUT2D eigenvalue weighted by molar-refractivity contribution is 6.02. The number of ether oxygens (including phenoxy) is 1. The molecule has 1 saturated heterocycles. The van der Waals surface area contributed by atoms with Crippen LogP contribution >= 0.6 is 0 Å². The van der Waals surface area contributed by atoms with Gasteiger partial charge in [0.15, 0.2) is 0 Å². The number of likely N-dealkylation sites (tertiary alicyclic amines) is 1. The van der Waals surface area contributed by atoms with Crippen LogP contribution in [0.1, 0.15) is 19.3 Å². The average molecular weight is 330 g/mol. The number of alkyl halides is 3. The predicted molar refractivity (Wildman–Crippen MR) is 72.3 cm³/mol. The van der Waals surface area contributed by atoms with E-state index in [1.165, 1.54) is 12.1 Å².